The van der Waals surface area contributed by atoms with Crippen molar-refractivity contribution < 1.29 is 13.6 Å². The van der Waals surface area contributed by atoms with Gasteiger partial charge in [0.15, 0.2) is 17.5 Å². The average molecular weight is 341 g/mol. The molecule has 0 aliphatic carbocycles. The number of aryl methyl sites for hydroxylation is 1. The Morgan fingerprint density at radius 3 is 2.91 bits per heavy atom. The lowest BCUT2D eigenvalue weighted by Gasteiger charge is -2.06. The van der Waals surface area contributed by atoms with Crippen molar-refractivity contribution in [3.8, 4) is 0 Å². The number of amides is 1. The average Bonchev–Trinajstić information content (AvgIpc) is 2.96. The molecule has 1 heterocycles. The highest BCUT2D eigenvalue weighted by Crippen LogP contribution is 2.14. The molecule has 0 bridgehead atoms. The molecule has 0 spiro atoms. The van der Waals surface area contributed by atoms with Crippen LogP contribution in [0.25, 0.3) is 0 Å². The van der Waals surface area contributed by atoms with E-state index in [0.29, 0.717) is 11.6 Å². The predicted molar refractivity (Wildman–Crippen MR) is 83.9 cm³/mol. The molecule has 124 valence electrons. The van der Waals surface area contributed by atoms with Gasteiger partial charge in [0.05, 0.1) is 11.5 Å². The zero-order valence-corrected chi connectivity index (χ0v) is 13.4. The third-order valence-electron chi connectivity index (χ3n) is 3.00. The number of rotatable bonds is 8. The highest BCUT2D eigenvalue weighted by atomic mass is 32.2. The molecule has 0 radical (unpaired) electrons. The molecule has 23 heavy (non-hydrogen) atoms. The molecule has 1 N–H and O–H groups in total. The van der Waals surface area contributed by atoms with Crippen molar-refractivity contribution in [2.24, 2.45) is 0 Å². The van der Waals surface area contributed by atoms with Crippen molar-refractivity contribution in [2.45, 2.75) is 32.1 Å². The van der Waals surface area contributed by atoms with Gasteiger partial charge in [0.1, 0.15) is 0 Å². The Morgan fingerprint density at radius 1 is 1.35 bits per heavy atom. The minimum Gasteiger partial charge on any atom is -0.325 e. The van der Waals surface area contributed by atoms with Gasteiger partial charge in [-0.3, -0.25) is 4.79 Å². The van der Waals surface area contributed by atoms with E-state index in [2.05, 4.69) is 27.8 Å². The van der Waals surface area contributed by atoms with Gasteiger partial charge in [0.2, 0.25) is 5.91 Å². The van der Waals surface area contributed by atoms with E-state index in [-0.39, 0.29) is 17.3 Å². The largest absolute Gasteiger partial charge is 0.325 e. The van der Waals surface area contributed by atoms with Crippen LogP contribution in [0.5, 0.6) is 0 Å². The van der Waals surface area contributed by atoms with Gasteiger partial charge in [-0.15, -0.1) is 16.9 Å². The van der Waals surface area contributed by atoms with E-state index >= 15 is 0 Å². The van der Waals surface area contributed by atoms with Gasteiger partial charge in [-0.1, -0.05) is 13.3 Å². The highest BCUT2D eigenvalue weighted by Gasteiger charge is 2.09. The molecule has 1 aromatic carbocycles. The Bertz CT molecular complexity index is 664. The Morgan fingerprint density at radius 2 is 2.17 bits per heavy atom. The quantitative estimate of drug-likeness (QED) is 0.799. The van der Waals surface area contributed by atoms with Crippen LogP contribution in [-0.4, -0.2) is 31.9 Å². The minimum atomic E-state index is -0.995. The molecule has 2 aromatic rings. The molecule has 2 rings (SSSR count). The highest BCUT2D eigenvalue weighted by molar-refractivity contribution is 7.99. The van der Waals surface area contributed by atoms with E-state index in [1.54, 1.807) is 4.68 Å². The van der Waals surface area contributed by atoms with Crippen LogP contribution in [0, 0.1) is 11.6 Å². The molecule has 9 heteroatoms. The number of carbonyl (C=O) groups excluding carboxylic acids is 1. The van der Waals surface area contributed by atoms with Crippen LogP contribution < -0.4 is 5.32 Å². The van der Waals surface area contributed by atoms with E-state index in [1.807, 2.05) is 0 Å². The van der Waals surface area contributed by atoms with Crippen molar-refractivity contribution in [3.05, 3.63) is 35.7 Å². The van der Waals surface area contributed by atoms with Crippen LogP contribution in [0.4, 0.5) is 14.5 Å². The van der Waals surface area contributed by atoms with E-state index < -0.39 is 11.6 Å². The van der Waals surface area contributed by atoms with Crippen molar-refractivity contribution in [1.82, 2.24) is 20.2 Å². The van der Waals surface area contributed by atoms with E-state index in [1.165, 1.54) is 17.8 Å². The molecule has 0 saturated heterocycles. The van der Waals surface area contributed by atoms with E-state index in [9.17, 15) is 13.6 Å². The van der Waals surface area contributed by atoms with Crippen LogP contribution >= 0.6 is 11.8 Å². The lowest BCUT2D eigenvalue weighted by molar-refractivity contribution is -0.113. The number of aromatic nitrogens is 4. The summed E-state index contributed by atoms with van der Waals surface area (Å²) < 4.78 is 27.6. The number of halogens is 2. The number of carbonyl (C=O) groups is 1. The number of nitrogens with one attached hydrogen (secondary N) is 1. The predicted octanol–water partition coefficient (Wildman–Crippen LogP) is 2.62. The van der Waals surface area contributed by atoms with Crippen molar-refractivity contribution in [2.75, 3.05) is 11.1 Å². The molecular weight excluding hydrogens is 324 g/mol. The first-order chi connectivity index (χ1) is 11.1. The molecule has 0 aliphatic heterocycles. The summed E-state index contributed by atoms with van der Waals surface area (Å²) in [5.41, 5.74) is 0.224. The molecule has 0 atom stereocenters. The zero-order chi connectivity index (χ0) is 16.7. The Balaban J connectivity index is 1.78. The number of tetrazole rings is 1. The van der Waals surface area contributed by atoms with Gasteiger partial charge in [0, 0.05) is 18.3 Å². The first-order valence-electron chi connectivity index (χ1n) is 7.18. The summed E-state index contributed by atoms with van der Waals surface area (Å²) >= 11 is 1.35. The number of hydrogen-bond donors (Lipinski definition) is 1. The lowest BCUT2D eigenvalue weighted by atomic mass is 10.3. The Labute approximate surface area is 136 Å². The normalized spacial score (nSPS) is 10.7. The molecule has 0 aliphatic rings. The fourth-order valence-electron chi connectivity index (χ4n) is 1.81. The van der Waals surface area contributed by atoms with Crippen LogP contribution in [-0.2, 0) is 17.1 Å². The lowest BCUT2D eigenvalue weighted by Crippen LogP contribution is -2.15. The second kappa shape index (κ2) is 8.56. The maximum atomic E-state index is 13.1. The first-order valence-corrected chi connectivity index (χ1v) is 8.33. The maximum Gasteiger partial charge on any atom is 0.234 e. The van der Waals surface area contributed by atoms with Gasteiger partial charge in [-0.25, -0.2) is 13.5 Å². The van der Waals surface area contributed by atoms with Crippen LogP contribution in [0.1, 0.15) is 25.6 Å². The molecule has 0 fully saturated rings. The SMILES string of the molecule is CCCCn1nnnc1CSCC(=O)Nc1ccc(F)c(F)c1. The van der Waals surface area contributed by atoms with E-state index in [4.69, 9.17) is 0 Å². The topological polar surface area (TPSA) is 72.7 Å². The summed E-state index contributed by atoms with van der Waals surface area (Å²) in [4.78, 5) is 11.8. The summed E-state index contributed by atoms with van der Waals surface area (Å²) in [5, 5.41) is 14.0. The molecule has 0 unspecified atom stereocenters. The van der Waals surface area contributed by atoms with Crippen LogP contribution in [0.3, 0.4) is 0 Å². The summed E-state index contributed by atoms with van der Waals surface area (Å²) in [6, 6.07) is 3.23. The molecular formula is C14H17F2N5OS. The third kappa shape index (κ3) is 5.27. The number of nitrogens with zero attached hydrogens (tertiary/aromatic N) is 4. The summed E-state index contributed by atoms with van der Waals surface area (Å²) in [7, 11) is 0. The number of thioether (sulfide) groups is 1. The molecule has 0 saturated carbocycles. The number of benzene rings is 1. The van der Waals surface area contributed by atoms with Crippen LogP contribution in [0.15, 0.2) is 18.2 Å². The first kappa shape index (κ1) is 17.3. The maximum absolute atomic E-state index is 13.1. The third-order valence-corrected chi connectivity index (χ3v) is 3.93. The summed E-state index contributed by atoms with van der Waals surface area (Å²) in [6.45, 7) is 2.84. The van der Waals surface area contributed by atoms with E-state index in [0.717, 1.165) is 31.5 Å². The monoisotopic (exact) mass is 341 g/mol. The van der Waals surface area contributed by atoms with Crippen LogP contribution in [0.2, 0.25) is 0 Å². The fraction of sp³-hybridized carbons (Fsp3) is 0.429. The standard InChI is InChI=1S/C14H17F2N5OS/c1-2-3-6-21-13(18-19-20-21)8-23-9-14(22)17-10-4-5-11(15)12(16)7-10/h4-5,7H,2-3,6,8-9H2,1H3,(H,17,22). The summed E-state index contributed by atoms with van der Waals surface area (Å²) in [5.74, 6) is -0.860. The Kier molecular flexibility index (Phi) is 6.45. The smallest absolute Gasteiger partial charge is 0.234 e. The van der Waals surface area contributed by atoms with Crippen molar-refractivity contribution >= 4 is 23.4 Å². The second-order valence-electron chi connectivity index (χ2n) is 4.84. The molecule has 6 nitrogen and oxygen atoms in total. The zero-order valence-electron chi connectivity index (χ0n) is 12.6. The summed E-state index contributed by atoms with van der Waals surface area (Å²) in [6.07, 6.45) is 2.03. The molecule has 1 amide bonds. The number of hydrogen-bond acceptors (Lipinski definition) is 5. The van der Waals surface area contributed by atoms with Crippen molar-refractivity contribution in [1.29, 1.82) is 0 Å². The van der Waals surface area contributed by atoms with Gasteiger partial charge in [-0.05, 0) is 29.0 Å². The number of unbranched alkanes of at least 4 members (excludes halogenated alkanes) is 1. The fourth-order valence-corrected chi connectivity index (χ4v) is 2.56. The van der Waals surface area contributed by atoms with Gasteiger partial charge in [0.25, 0.3) is 0 Å². The number of anilines is 1. The van der Waals surface area contributed by atoms with Crippen molar-refractivity contribution in [3.63, 3.8) is 0 Å². The molecule has 1 aromatic heterocycles. The Hall–Kier alpha value is -2.03. The van der Waals surface area contributed by atoms with Gasteiger partial charge in [-0.2, -0.15) is 0 Å². The second-order valence-corrected chi connectivity index (χ2v) is 5.83. The van der Waals surface area contributed by atoms with Gasteiger partial charge >= 0.3 is 0 Å². The minimum absolute atomic E-state index is 0.166. The van der Waals surface area contributed by atoms with Gasteiger partial charge < -0.3 is 5.32 Å².